The normalized spacial score (nSPS) is 13.7. The number of sulfone groups is 1. The predicted molar refractivity (Wildman–Crippen MR) is 106 cm³/mol. The Balaban J connectivity index is 2.06. The zero-order valence-electron chi connectivity index (χ0n) is 16.0. The fraction of sp³-hybridized carbons (Fsp3) is 0.150. The standard InChI is InChI=1S/C20H16F2N4O3S/c1-11-9-12(21)7-8-13(11)17-14-10-23-20(27)26(16-6-4-3-5-15(16)22)18(14)25-19(24-17)30(2,28)29/h3-9H,10H2,1-2H3,(H,23,27). The van der Waals surface area contributed by atoms with Crippen LogP contribution in [0.25, 0.3) is 11.3 Å². The molecule has 0 fully saturated rings. The highest BCUT2D eigenvalue weighted by Gasteiger charge is 2.33. The summed E-state index contributed by atoms with van der Waals surface area (Å²) in [4.78, 5) is 21.9. The van der Waals surface area contributed by atoms with E-state index < -0.39 is 32.7 Å². The Morgan fingerprint density at radius 3 is 2.50 bits per heavy atom. The van der Waals surface area contributed by atoms with Crippen molar-refractivity contribution in [1.82, 2.24) is 15.3 Å². The Labute approximate surface area is 171 Å². The molecule has 154 valence electrons. The molecule has 30 heavy (non-hydrogen) atoms. The molecule has 2 aromatic carbocycles. The molecular weight excluding hydrogens is 414 g/mol. The Kier molecular flexibility index (Phi) is 4.73. The fourth-order valence-corrected chi connectivity index (χ4v) is 3.79. The average Bonchev–Trinajstić information content (AvgIpc) is 2.67. The number of hydrogen-bond acceptors (Lipinski definition) is 5. The second kappa shape index (κ2) is 7.13. The average molecular weight is 430 g/mol. The van der Waals surface area contributed by atoms with Crippen molar-refractivity contribution in [3.63, 3.8) is 0 Å². The summed E-state index contributed by atoms with van der Waals surface area (Å²) in [5.74, 6) is -1.18. The molecule has 10 heteroatoms. The van der Waals surface area contributed by atoms with Gasteiger partial charge in [0.2, 0.25) is 15.0 Å². The SMILES string of the molecule is Cc1cc(F)ccc1-c1nc(S(C)(=O)=O)nc2c1CNC(=O)N2c1ccccc1F. The Hall–Kier alpha value is -3.40. The minimum Gasteiger partial charge on any atom is -0.333 e. The van der Waals surface area contributed by atoms with Crippen molar-refractivity contribution in [2.75, 3.05) is 11.2 Å². The van der Waals surface area contributed by atoms with Gasteiger partial charge in [-0.25, -0.2) is 31.9 Å². The number of urea groups is 1. The number of carbonyl (C=O) groups is 1. The van der Waals surface area contributed by atoms with E-state index in [9.17, 15) is 22.0 Å². The van der Waals surface area contributed by atoms with Crippen molar-refractivity contribution in [3.8, 4) is 11.3 Å². The molecule has 0 atom stereocenters. The van der Waals surface area contributed by atoms with Gasteiger partial charge in [0.15, 0.2) is 5.82 Å². The van der Waals surface area contributed by atoms with Gasteiger partial charge in [0.1, 0.15) is 11.6 Å². The molecule has 0 bridgehead atoms. The van der Waals surface area contributed by atoms with Gasteiger partial charge in [-0.2, -0.15) is 4.98 Å². The highest BCUT2D eigenvalue weighted by Crippen LogP contribution is 2.37. The van der Waals surface area contributed by atoms with Gasteiger partial charge >= 0.3 is 6.03 Å². The van der Waals surface area contributed by atoms with Gasteiger partial charge < -0.3 is 5.32 Å². The summed E-state index contributed by atoms with van der Waals surface area (Å²) in [6.45, 7) is 1.65. The first-order valence-electron chi connectivity index (χ1n) is 8.87. The van der Waals surface area contributed by atoms with E-state index in [-0.39, 0.29) is 23.7 Å². The topological polar surface area (TPSA) is 92.3 Å². The Morgan fingerprint density at radius 1 is 1.10 bits per heavy atom. The molecule has 3 aromatic rings. The maximum absolute atomic E-state index is 14.5. The lowest BCUT2D eigenvalue weighted by molar-refractivity contribution is 0.246. The lowest BCUT2D eigenvalue weighted by atomic mass is 10.00. The van der Waals surface area contributed by atoms with Crippen LogP contribution in [0.4, 0.5) is 25.1 Å². The van der Waals surface area contributed by atoms with Crippen molar-refractivity contribution >= 4 is 27.4 Å². The van der Waals surface area contributed by atoms with Crippen LogP contribution in [0.1, 0.15) is 11.1 Å². The largest absolute Gasteiger partial charge is 0.333 e. The van der Waals surface area contributed by atoms with Gasteiger partial charge in [-0.05, 0) is 42.8 Å². The number of nitrogens with one attached hydrogen (secondary N) is 1. The highest BCUT2D eigenvalue weighted by molar-refractivity contribution is 7.90. The first kappa shape index (κ1) is 19.9. The lowest BCUT2D eigenvalue weighted by Crippen LogP contribution is -2.43. The molecule has 0 saturated heterocycles. The molecule has 0 saturated carbocycles. The van der Waals surface area contributed by atoms with Crippen molar-refractivity contribution < 1.29 is 22.0 Å². The van der Waals surface area contributed by atoms with E-state index in [1.807, 2.05) is 0 Å². The quantitative estimate of drug-likeness (QED) is 0.642. The number of amides is 2. The van der Waals surface area contributed by atoms with Gasteiger partial charge in [-0.1, -0.05) is 12.1 Å². The first-order chi connectivity index (χ1) is 14.2. The Morgan fingerprint density at radius 2 is 1.83 bits per heavy atom. The lowest BCUT2D eigenvalue weighted by Gasteiger charge is -2.30. The molecule has 1 aromatic heterocycles. The number of halogens is 2. The smallest absolute Gasteiger partial charge is 0.328 e. The van der Waals surface area contributed by atoms with Crippen LogP contribution in [0.5, 0.6) is 0 Å². The number of nitrogens with zero attached hydrogens (tertiary/aromatic N) is 3. The molecule has 1 N–H and O–H groups in total. The second-order valence-electron chi connectivity index (χ2n) is 6.83. The van der Waals surface area contributed by atoms with Crippen LogP contribution in [0.2, 0.25) is 0 Å². The van der Waals surface area contributed by atoms with Gasteiger partial charge in [-0.3, -0.25) is 0 Å². The number of para-hydroxylation sites is 1. The van der Waals surface area contributed by atoms with Gasteiger partial charge in [-0.15, -0.1) is 0 Å². The molecule has 1 aliphatic rings. The highest BCUT2D eigenvalue weighted by atomic mass is 32.2. The molecule has 0 spiro atoms. The van der Waals surface area contributed by atoms with E-state index in [0.29, 0.717) is 16.7 Å². The van der Waals surface area contributed by atoms with E-state index in [4.69, 9.17) is 0 Å². The first-order valence-corrected chi connectivity index (χ1v) is 10.8. The van der Waals surface area contributed by atoms with Crippen molar-refractivity contribution in [2.24, 2.45) is 0 Å². The maximum Gasteiger partial charge on any atom is 0.328 e. The summed E-state index contributed by atoms with van der Waals surface area (Å²) in [7, 11) is -3.87. The number of carbonyl (C=O) groups excluding carboxylic acids is 1. The third kappa shape index (κ3) is 3.39. The van der Waals surface area contributed by atoms with E-state index in [2.05, 4.69) is 15.3 Å². The Bertz CT molecular complexity index is 1300. The minimum atomic E-state index is -3.87. The number of benzene rings is 2. The summed E-state index contributed by atoms with van der Waals surface area (Å²) < 4.78 is 52.6. The van der Waals surface area contributed by atoms with Gasteiger partial charge in [0, 0.05) is 17.4 Å². The van der Waals surface area contributed by atoms with Gasteiger partial charge in [0.05, 0.1) is 17.9 Å². The van der Waals surface area contributed by atoms with E-state index in [1.165, 1.54) is 36.4 Å². The van der Waals surface area contributed by atoms with Crippen LogP contribution in [0.3, 0.4) is 0 Å². The molecule has 1 aliphatic heterocycles. The number of anilines is 2. The summed E-state index contributed by atoms with van der Waals surface area (Å²) in [5, 5.41) is 2.11. The number of aromatic nitrogens is 2. The summed E-state index contributed by atoms with van der Waals surface area (Å²) in [6.07, 6.45) is 0.937. The summed E-state index contributed by atoms with van der Waals surface area (Å²) in [6, 6.07) is 8.92. The molecule has 4 rings (SSSR count). The van der Waals surface area contributed by atoms with Crippen molar-refractivity contribution in [3.05, 3.63) is 65.2 Å². The number of fused-ring (bicyclic) bond motifs is 1. The zero-order chi connectivity index (χ0) is 21.6. The van der Waals surface area contributed by atoms with Crippen molar-refractivity contribution in [2.45, 2.75) is 18.6 Å². The maximum atomic E-state index is 14.5. The predicted octanol–water partition coefficient (Wildman–Crippen LogP) is 3.50. The molecule has 7 nitrogen and oxygen atoms in total. The molecule has 0 radical (unpaired) electrons. The van der Waals surface area contributed by atoms with E-state index >= 15 is 0 Å². The van der Waals surface area contributed by atoms with Crippen LogP contribution in [-0.4, -0.2) is 30.7 Å². The van der Waals surface area contributed by atoms with Crippen LogP contribution < -0.4 is 10.2 Å². The van der Waals surface area contributed by atoms with Crippen LogP contribution >= 0.6 is 0 Å². The third-order valence-corrected chi connectivity index (χ3v) is 5.51. The number of rotatable bonds is 3. The molecule has 0 aliphatic carbocycles. The van der Waals surface area contributed by atoms with E-state index in [1.54, 1.807) is 13.0 Å². The molecule has 0 unspecified atom stereocenters. The third-order valence-electron chi connectivity index (χ3n) is 4.66. The second-order valence-corrected chi connectivity index (χ2v) is 8.74. The monoisotopic (exact) mass is 430 g/mol. The van der Waals surface area contributed by atoms with Crippen LogP contribution in [0, 0.1) is 18.6 Å². The molecular formula is C20H16F2N4O3S. The van der Waals surface area contributed by atoms with Crippen LogP contribution in [0.15, 0.2) is 47.6 Å². The molecule has 2 heterocycles. The van der Waals surface area contributed by atoms with Crippen molar-refractivity contribution in [1.29, 1.82) is 0 Å². The minimum absolute atomic E-state index is 0.00465. The zero-order valence-corrected chi connectivity index (χ0v) is 16.8. The van der Waals surface area contributed by atoms with Crippen LogP contribution in [-0.2, 0) is 16.4 Å². The molecule has 2 amide bonds. The fourth-order valence-electron chi connectivity index (χ4n) is 3.28. The van der Waals surface area contributed by atoms with E-state index in [0.717, 1.165) is 11.2 Å². The summed E-state index contributed by atoms with van der Waals surface area (Å²) in [5.41, 5.74) is 1.52. The summed E-state index contributed by atoms with van der Waals surface area (Å²) >= 11 is 0. The number of hydrogen-bond donors (Lipinski definition) is 1. The number of aryl methyl sites for hydroxylation is 1. The van der Waals surface area contributed by atoms with Gasteiger partial charge in [0.25, 0.3) is 0 Å².